The van der Waals surface area contributed by atoms with Gasteiger partial charge in [0.25, 0.3) is 0 Å². The molecule has 29 heavy (non-hydrogen) atoms. The van der Waals surface area contributed by atoms with Gasteiger partial charge in [0.1, 0.15) is 0 Å². The van der Waals surface area contributed by atoms with E-state index in [1.165, 1.54) is 74.2 Å². The van der Waals surface area contributed by atoms with Crippen LogP contribution in [-0.4, -0.2) is 6.54 Å². The van der Waals surface area contributed by atoms with Gasteiger partial charge in [0.05, 0.1) is 0 Å². The molecule has 3 aromatic rings. The summed E-state index contributed by atoms with van der Waals surface area (Å²) in [7, 11) is 0. The van der Waals surface area contributed by atoms with Crippen molar-refractivity contribution in [2.75, 3.05) is 6.54 Å². The Balaban J connectivity index is 1.70. The van der Waals surface area contributed by atoms with E-state index >= 15 is 0 Å². The molecule has 1 fully saturated rings. The van der Waals surface area contributed by atoms with Gasteiger partial charge >= 0.3 is 0 Å². The van der Waals surface area contributed by atoms with Gasteiger partial charge in [-0.2, -0.15) is 0 Å². The number of hydrogen-bond acceptors (Lipinski definition) is 2. The minimum Gasteiger partial charge on any atom is -0.330 e. The average Bonchev–Trinajstić information content (AvgIpc) is 3.19. The largest absolute Gasteiger partial charge is 0.330 e. The fraction of sp³-hybridized carbons (Fsp3) is 0.333. The molecule has 1 saturated carbocycles. The lowest BCUT2D eigenvalue weighted by atomic mass is 9.64. The Kier molecular flexibility index (Phi) is 4.53. The lowest BCUT2D eigenvalue weighted by Crippen LogP contribution is -2.41. The van der Waals surface area contributed by atoms with Crippen LogP contribution in [0.15, 0.2) is 48.4 Å². The smallest absolute Gasteiger partial charge is 0.0378 e. The molecule has 5 rings (SSSR count). The van der Waals surface area contributed by atoms with E-state index in [0.29, 0.717) is 0 Å². The van der Waals surface area contributed by atoms with Crippen molar-refractivity contribution in [3.8, 4) is 22.3 Å². The van der Waals surface area contributed by atoms with Crippen LogP contribution in [0, 0.1) is 6.92 Å². The minimum atomic E-state index is 0.219. The molecule has 0 bridgehead atoms. The number of thiophene rings is 1. The summed E-state index contributed by atoms with van der Waals surface area (Å²) in [6.45, 7) is 9.66. The number of aryl methyl sites for hydroxylation is 2. The predicted molar refractivity (Wildman–Crippen MR) is 127 cm³/mol. The van der Waals surface area contributed by atoms with Gasteiger partial charge in [-0.15, -0.1) is 11.3 Å². The average molecular weight is 400 g/mol. The van der Waals surface area contributed by atoms with Gasteiger partial charge < -0.3 is 5.73 Å². The first kappa shape index (κ1) is 18.8. The Labute approximate surface area is 178 Å². The second kappa shape index (κ2) is 6.97. The number of fused-ring (bicyclic) bond motifs is 3. The number of nitrogens with two attached hydrogens (primary N) is 1. The van der Waals surface area contributed by atoms with Gasteiger partial charge in [-0.1, -0.05) is 50.3 Å². The van der Waals surface area contributed by atoms with E-state index in [-0.39, 0.29) is 5.41 Å². The highest BCUT2D eigenvalue weighted by atomic mass is 32.1. The quantitative estimate of drug-likeness (QED) is 0.507. The highest BCUT2D eigenvalue weighted by molar-refractivity contribution is 7.11. The number of benzene rings is 2. The van der Waals surface area contributed by atoms with Gasteiger partial charge in [0, 0.05) is 22.4 Å². The van der Waals surface area contributed by atoms with Crippen molar-refractivity contribution in [1.82, 2.24) is 0 Å². The van der Waals surface area contributed by atoms with Crippen LogP contribution >= 0.6 is 11.3 Å². The fourth-order valence-electron chi connectivity index (χ4n) is 5.34. The normalized spacial score (nSPS) is 16.9. The second-order valence-corrected chi connectivity index (χ2v) is 9.71. The fourth-order valence-corrected chi connectivity index (χ4v) is 6.22. The van der Waals surface area contributed by atoms with Gasteiger partial charge in [-0.3, -0.25) is 0 Å². The van der Waals surface area contributed by atoms with E-state index < -0.39 is 0 Å². The number of allylic oxidation sites excluding steroid dienone is 1. The van der Waals surface area contributed by atoms with Crippen molar-refractivity contribution in [2.24, 2.45) is 5.73 Å². The SMILES string of the molecule is C=C1Cc2c(C)cc(CC)c(-c3ccc(C4(CN)CCC4)cc3)c2-c2ccsc21. The summed E-state index contributed by atoms with van der Waals surface area (Å²) in [6.07, 6.45) is 5.75. The molecule has 0 atom stereocenters. The lowest BCUT2D eigenvalue weighted by molar-refractivity contribution is 0.253. The third-order valence-corrected chi connectivity index (χ3v) is 8.27. The summed E-state index contributed by atoms with van der Waals surface area (Å²) in [5.41, 5.74) is 18.9. The van der Waals surface area contributed by atoms with Gasteiger partial charge in [0.2, 0.25) is 0 Å². The molecule has 1 aromatic heterocycles. The molecule has 0 unspecified atom stereocenters. The molecule has 0 radical (unpaired) electrons. The predicted octanol–water partition coefficient (Wildman–Crippen LogP) is 6.90. The molecule has 0 spiro atoms. The summed E-state index contributed by atoms with van der Waals surface area (Å²) in [5.74, 6) is 0. The van der Waals surface area contributed by atoms with Crippen LogP contribution in [0.3, 0.4) is 0 Å². The van der Waals surface area contributed by atoms with Crippen molar-refractivity contribution in [3.63, 3.8) is 0 Å². The first-order valence-electron chi connectivity index (χ1n) is 10.8. The first-order chi connectivity index (χ1) is 14.1. The van der Waals surface area contributed by atoms with Gasteiger partial charge in [-0.05, 0) is 88.6 Å². The first-order valence-corrected chi connectivity index (χ1v) is 11.7. The Hall–Kier alpha value is -2.16. The van der Waals surface area contributed by atoms with Crippen LogP contribution in [-0.2, 0) is 18.3 Å². The molecule has 0 amide bonds. The number of rotatable bonds is 4. The minimum absolute atomic E-state index is 0.219. The maximum absolute atomic E-state index is 6.15. The summed E-state index contributed by atoms with van der Waals surface area (Å²) in [6, 6.07) is 14.0. The van der Waals surface area contributed by atoms with Crippen LogP contribution in [0.25, 0.3) is 27.8 Å². The molecular formula is C27H29NS. The van der Waals surface area contributed by atoms with Crippen LogP contribution in [0.5, 0.6) is 0 Å². The zero-order valence-electron chi connectivity index (χ0n) is 17.5. The molecule has 2 aliphatic rings. The van der Waals surface area contributed by atoms with E-state index in [9.17, 15) is 0 Å². The number of hydrogen-bond donors (Lipinski definition) is 1. The van der Waals surface area contributed by atoms with E-state index in [1.54, 1.807) is 0 Å². The highest BCUT2D eigenvalue weighted by Crippen LogP contribution is 2.49. The Bertz CT molecular complexity index is 1090. The highest BCUT2D eigenvalue weighted by Gasteiger charge is 2.37. The van der Waals surface area contributed by atoms with E-state index in [1.807, 2.05) is 11.3 Å². The van der Waals surface area contributed by atoms with Crippen molar-refractivity contribution >= 4 is 16.9 Å². The van der Waals surface area contributed by atoms with Crippen LogP contribution in [0.1, 0.15) is 53.3 Å². The van der Waals surface area contributed by atoms with E-state index in [0.717, 1.165) is 19.4 Å². The van der Waals surface area contributed by atoms with Crippen LogP contribution in [0.4, 0.5) is 0 Å². The Morgan fingerprint density at radius 3 is 2.48 bits per heavy atom. The van der Waals surface area contributed by atoms with E-state index in [4.69, 9.17) is 5.73 Å². The maximum Gasteiger partial charge on any atom is 0.0378 e. The molecule has 2 N–H and O–H groups in total. The standard InChI is InChI=1S/C27H29NS/c1-4-19-14-17(2)23-15-18(3)26-22(10-13-29-26)25(23)24(19)20-6-8-21(9-7-20)27(16-28)11-5-12-27/h6-10,13-14H,3-5,11-12,15-16,28H2,1-2H3. The third kappa shape index (κ3) is 2.77. The van der Waals surface area contributed by atoms with Crippen LogP contribution in [0.2, 0.25) is 0 Å². The van der Waals surface area contributed by atoms with E-state index in [2.05, 4.69) is 62.2 Å². The maximum atomic E-state index is 6.15. The summed E-state index contributed by atoms with van der Waals surface area (Å²) < 4.78 is 0. The molecule has 1 heterocycles. The third-order valence-electron chi connectivity index (χ3n) is 7.25. The zero-order valence-corrected chi connectivity index (χ0v) is 18.3. The summed E-state index contributed by atoms with van der Waals surface area (Å²) in [5, 5.41) is 2.22. The van der Waals surface area contributed by atoms with Crippen molar-refractivity contribution in [2.45, 2.75) is 51.4 Å². The Morgan fingerprint density at radius 2 is 1.86 bits per heavy atom. The zero-order chi connectivity index (χ0) is 20.2. The lowest BCUT2D eigenvalue weighted by Gasteiger charge is -2.41. The molecule has 148 valence electrons. The van der Waals surface area contributed by atoms with Crippen LogP contribution < -0.4 is 5.73 Å². The molecule has 2 aliphatic carbocycles. The van der Waals surface area contributed by atoms with Crippen molar-refractivity contribution in [1.29, 1.82) is 0 Å². The second-order valence-electron chi connectivity index (χ2n) is 8.79. The monoisotopic (exact) mass is 399 g/mol. The Morgan fingerprint density at radius 1 is 1.10 bits per heavy atom. The molecular weight excluding hydrogens is 370 g/mol. The van der Waals surface area contributed by atoms with Gasteiger partial charge in [0.15, 0.2) is 0 Å². The van der Waals surface area contributed by atoms with Crippen molar-refractivity contribution in [3.05, 3.63) is 75.5 Å². The molecule has 0 saturated heterocycles. The summed E-state index contributed by atoms with van der Waals surface area (Å²) in [4.78, 5) is 1.36. The topological polar surface area (TPSA) is 26.0 Å². The van der Waals surface area contributed by atoms with Crippen molar-refractivity contribution < 1.29 is 0 Å². The van der Waals surface area contributed by atoms with Gasteiger partial charge in [-0.25, -0.2) is 0 Å². The molecule has 2 heteroatoms. The summed E-state index contributed by atoms with van der Waals surface area (Å²) >= 11 is 1.83. The molecule has 2 aromatic carbocycles. The molecule has 1 nitrogen and oxygen atoms in total. The molecule has 0 aliphatic heterocycles.